The normalized spacial score (nSPS) is 24.9. The van der Waals surface area contributed by atoms with E-state index in [0.717, 1.165) is 0 Å². The number of aliphatic hydroxyl groups is 1. The molecule has 3 heterocycles. The lowest BCUT2D eigenvalue weighted by Gasteiger charge is -2.23. The van der Waals surface area contributed by atoms with Gasteiger partial charge in [-0.25, -0.2) is 15.0 Å². The van der Waals surface area contributed by atoms with Crippen LogP contribution in [0.25, 0.3) is 11.2 Å². The maximum absolute atomic E-state index is 11.3. The van der Waals surface area contributed by atoms with Gasteiger partial charge in [-0.2, -0.15) is 0 Å². The number of nitrogens with two attached hydrogens (primary N) is 1. The highest BCUT2D eigenvalue weighted by atomic mass is 16.6. The van der Waals surface area contributed by atoms with Gasteiger partial charge in [-0.05, 0) is 0 Å². The molecule has 1 fully saturated rings. The lowest BCUT2D eigenvalue weighted by atomic mass is 9.90. The van der Waals surface area contributed by atoms with Crippen molar-refractivity contribution >= 4 is 28.9 Å². The Balaban J connectivity index is 1.96. The zero-order valence-electron chi connectivity index (χ0n) is 14.9. The Hall–Kier alpha value is -2.79. The number of rotatable bonds is 6. The third kappa shape index (κ3) is 3.83. The van der Waals surface area contributed by atoms with Crippen LogP contribution in [0.5, 0.6) is 0 Å². The fourth-order valence-corrected chi connectivity index (χ4v) is 3.24. The zero-order valence-corrected chi connectivity index (χ0v) is 14.9. The van der Waals surface area contributed by atoms with Gasteiger partial charge in [0, 0.05) is 25.7 Å². The lowest BCUT2D eigenvalue weighted by Crippen LogP contribution is -2.32. The minimum Gasteiger partial charge on any atom is -0.465 e. The predicted molar refractivity (Wildman–Crippen MR) is 91.0 cm³/mol. The van der Waals surface area contributed by atoms with E-state index in [-0.39, 0.29) is 31.6 Å². The van der Waals surface area contributed by atoms with Crippen molar-refractivity contribution in [1.29, 1.82) is 0 Å². The predicted octanol–water partition coefficient (Wildman–Crippen LogP) is -0.343. The number of nitrogens with zero attached hydrogens (tertiary/aromatic N) is 4. The fourth-order valence-electron chi connectivity index (χ4n) is 3.24. The third-order valence-electron chi connectivity index (χ3n) is 4.51. The summed E-state index contributed by atoms with van der Waals surface area (Å²) < 4.78 is 17.9. The molecule has 2 aromatic rings. The molecular formula is C16H21N5O6. The largest absolute Gasteiger partial charge is 0.465 e. The second-order valence-electron chi connectivity index (χ2n) is 6.26. The molecule has 11 heteroatoms. The number of hydrogen-bond acceptors (Lipinski definition) is 10. The fraction of sp³-hybridized carbons (Fsp3) is 0.562. The van der Waals surface area contributed by atoms with Gasteiger partial charge in [0.15, 0.2) is 11.5 Å². The van der Waals surface area contributed by atoms with Crippen LogP contribution in [-0.4, -0.2) is 62.5 Å². The van der Waals surface area contributed by atoms with Gasteiger partial charge in [0.25, 0.3) is 0 Å². The van der Waals surface area contributed by atoms with Gasteiger partial charge < -0.3 is 25.1 Å². The highest BCUT2D eigenvalue weighted by molar-refractivity contribution is 5.81. The number of fused-ring (bicyclic) bond motifs is 1. The second-order valence-corrected chi connectivity index (χ2v) is 6.26. The Kier molecular flexibility index (Phi) is 5.51. The summed E-state index contributed by atoms with van der Waals surface area (Å²) in [7, 11) is 0. The summed E-state index contributed by atoms with van der Waals surface area (Å²) in [5, 5.41) is 9.73. The van der Waals surface area contributed by atoms with E-state index in [2.05, 4.69) is 15.0 Å². The standard InChI is InChI=1S/C16H21N5O6/c1-8(23)25-4-10-11(5-26-9(2)24)16(27-12(10)3-22)21-7-20-13-14(17)18-6-19-15(13)21/h6-7,10-12,16,22H,3-5H2,1-2H3,(H2,17,18,19). The van der Waals surface area contributed by atoms with Crippen LogP contribution in [-0.2, 0) is 23.8 Å². The van der Waals surface area contributed by atoms with Gasteiger partial charge in [0.2, 0.25) is 0 Å². The minimum absolute atomic E-state index is 0.0165. The van der Waals surface area contributed by atoms with Crippen LogP contribution in [0.1, 0.15) is 20.1 Å². The van der Waals surface area contributed by atoms with Gasteiger partial charge in [-0.15, -0.1) is 0 Å². The van der Waals surface area contributed by atoms with Gasteiger partial charge in [0.05, 0.1) is 32.3 Å². The van der Waals surface area contributed by atoms with Crippen molar-refractivity contribution in [2.75, 3.05) is 25.6 Å². The van der Waals surface area contributed by atoms with E-state index >= 15 is 0 Å². The molecule has 4 unspecified atom stereocenters. The minimum atomic E-state index is -0.652. The molecule has 1 aliphatic rings. The smallest absolute Gasteiger partial charge is 0.302 e. The molecule has 0 bridgehead atoms. The summed E-state index contributed by atoms with van der Waals surface area (Å²) in [5.74, 6) is -1.47. The summed E-state index contributed by atoms with van der Waals surface area (Å²) in [5.41, 5.74) is 6.69. The number of imidazole rings is 1. The van der Waals surface area contributed by atoms with Crippen molar-refractivity contribution < 1.29 is 28.9 Å². The number of ether oxygens (including phenoxy) is 3. The van der Waals surface area contributed by atoms with E-state index in [1.807, 2.05) is 0 Å². The summed E-state index contributed by atoms with van der Waals surface area (Å²) in [4.78, 5) is 34.9. The number of nitrogen functional groups attached to an aromatic ring is 1. The van der Waals surface area contributed by atoms with Crippen LogP contribution in [0.3, 0.4) is 0 Å². The van der Waals surface area contributed by atoms with Gasteiger partial charge in [0.1, 0.15) is 18.1 Å². The molecular weight excluding hydrogens is 358 g/mol. The molecule has 0 aromatic carbocycles. The molecule has 0 aliphatic carbocycles. The first-order valence-electron chi connectivity index (χ1n) is 8.38. The van der Waals surface area contributed by atoms with Crippen molar-refractivity contribution in [2.24, 2.45) is 11.8 Å². The number of aromatic nitrogens is 4. The van der Waals surface area contributed by atoms with Crippen molar-refractivity contribution in [3.8, 4) is 0 Å². The second kappa shape index (κ2) is 7.84. The highest BCUT2D eigenvalue weighted by Gasteiger charge is 2.46. The molecule has 0 amide bonds. The molecule has 4 atom stereocenters. The molecule has 3 N–H and O–H groups in total. The Labute approximate surface area is 154 Å². The Morgan fingerprint density at radius 3 is 2.48 bits per heavy atom. The number of anilines is 1. The van der Waals surface area contributed by atoms with Crippen LogP contribution < -0.4 is 5.73 Å². The SMILES string of the molecule is CC(=O)OCC1C(CO)OC(n2cnc3c(N)ncnc32)C1COC(C)=O. The summed E-state index contributed by atoms with van der Waals surface area (Å²) in [6, 6.07) is 0. The highest BCUT2D eigenvalue weighted by Crippen LogP contribution is 2.41. The first-order chi connectivity index (χ1) is 12.9. The average molecular weight is 379 g/mol. The molecule has 11 nitrogen and oxygen atoms in total. The van der Waals surface area contributed by atoms with Crippen LogP contribution in [0.2, 0.25) is 0 Å². The van der Waals surface area contributed by atoms with Crippen molar-refractivity contribution in [1.82, 2.24) is 19.5 Å². The molecule has 0 radical (unpaired) electrons. The maximum atomic E-state index is 11.3. The van der Waals surface area contributed by atoms with Crippen molar-refractivity contribution in [3.05, 3.63) is 12.7 Å². The third-order valence-corrected chi connectivity index (χ3v) is 4.51. The van der Waals surface area contributed by atoms with Crippen molar-refractivity contribution in [2.45, 2.75) is 26.2 Å². The number of carbonyl (C=O) groups is 2. The van der Waals surface area contributed by atoms with E-state index in [9.17, 15) is 14.7 Å². The summed E-state index contributed by atoms with van der Waals surface area (Å²) >= 11 is 0. The van der Waals surface area contributed by atoms with Crippen LogP contribution in [0.15, 0.2) is 12.7 Å². The molecule has 1 saturated heterocycles. The molecule has 1 aliphatic heterocycles. The van der Waals surface area contributed by atoms with Crippen LogP contribution in [0, 0.1) is 11.8 Å². The van der Waals surface area contributed by atoms with E-state index in [1.54, 1.807) is 4.57 Å². The molecule has 0 spiro atoms. The summed E-state index contributed by atoms with van der Waals surface area (Å²) in [6.45, 7) is 2.35. The van der Waals surface area contributed by atoms with E-state index in [4.69, 9.17) is 19.9 Å². The zero-order chi connectivity index (χ0) is 19.6. The van der Waals surface area contributed by atoms with Crippen LogP contribution in [0.4, 0.5) is 5.82 Å². The Bertz CT molecular complexity index is 840. The van der Waals surface area contributed by atoms with Gasteiger partial charge in [-0.3, -0.25) is 14.2 Å². The Morgan fingerprint density at radius 2 is 1.85 bits per heavy atom. The van der Waals surface area contributed by atoms with E-state index < -0.39 is 30.2 Å². The quantitative estimate of drug-likeness (QED) is 0.637. The monoisotopic (exact) mass is 379 g/mol. The first-order valence-corrected chi connectivity index (χ1v) is 8.38. The molecule has 27 heavy (non-hydrogen) atoms. The molecule has 3 rings (SSSR count). The van der Waals surface area contributed by atoms with E-state index in [0.29, 0.717) is 11.2 Å². The lowest BCUT2D eigenvalue weighted by molar-refractivity contribution is -0.147. The van der Waals surface area contributed by atoms with Crippen molar-refractivity contribution in [3.63, 3.8) is 0 Å². The number of carbonyl (C=O) groups excluding carboxylic acids is 2. The van der Waals surface area contributed by atoms with Crippen LogP contribution >= 0.6 is 0 Å². The average Bonchev–Trinajstić information content (AvgIpc) is 3.19. The molecule has 2 aromatic heterocycles. The van der Waals surface area contributed by atoms with E-state index in [1.165, 1.54) is 26.5 Å². The maximum Gasteiger partial charge on any atom is 0.302 e. The number of aliphatic hydroxyl groups excluding tert-OH is 1. The number of hydrogen-bond donors (Lipinski definition) is 2. The van der Waals surface area contributed by atoms with Gasteiger partial charge >= 0.3 is 11.9 Å². The molecule has 0 saturated carbocycles. The topological polar surface area (TPSA) is 152 Å². The molecule has 146 valence electrons. The summed E-state index contributed by atoms with van der Waals surface area (Å²) in [6.07, 6.45) is 1.54. The Morgan fingerprint density at radius 1 is 1.19 bits per heavy atom. The first kappa shape index (κ1) is 19.0. The number of esters is 2. The van der Waals surface area contributed by atoms with Gasteiger partial charge in [-0.1, -0.05) is 0 Å².